The maximum atomic E-state index is 12.2. The third-order valence-corrected chi connectivity index (χ3v) is 3.70. The van der Waals surface area contributed by atoms with Crippen LogP contribution in [0.2, 0.25) is 0 Å². The first kappa shape index (κ1) is 13.6. The first-order valence-corrected chi connectivity index (χ1v) is 6.68. The van der Waals surface area contributed by atoms with Crippen molar-refractivity contribution in [2.24, 2.45) is 0 Å². The van der Waals surface area contributed by atoms with Crippen molar-refractivity contribution in [2.45, 2.75) is 39.7 Å². The Balaban J connectivity index is 2.18. The Hall–Kier alpha value is -1.78. The van der Waals surface area contributed by atoms with Crippen molar-refractivity contribution in [3.8, 4) is 0 Å². The zero-order chi connectivity index (χ0) is 14.0. The minimum Gasteiger partial charge on any atom is -0.477 e. The number of nitrogens with zero attached hydrogens (tertiary/aromatic N) is 2. The van der Waals surface area contributed by atoms with Crippen molar-refractivity contribution in [2.75, 3.05) is 13.1 Å². The van der Waals surface area contributed by atoms with Crippen LogP contribution in [0.5, 0.6) is 0 Å². The summed E-state index contributed by atoms with van der Waals surface area (Å²) < 4.78 is 1.61. The fourth-order valence-corrected chi connectivity index (χ4v) is 2.72. The summed E-state index contributed by atoms with van der Waals surface area (Å²) >= 11 is 0. The van der Waals surface area contributed by atoms with Gasteiger partial charge in [-0.2, -0.15) is 0 Å². The molecule has 19 heavy (non-hydrogen) atoms. The zero-order valence-corrected chi connectivity index (χ0v) is 11.5. The summed E-state index contributed by atoms with van der Waals surface area (Å²) in [5.74, 6) is -0.960. The summed E-state index contributed by atoms with van der Waals surface area (Å²) in [6.07, 6.45) is 3.26. The molecule has 2 heterocycles. The lowest BCUT2D eigenvalue weighted by molar-refractivity contribution is -0.132. The fraction of sp³-hybridized carbons (Fsp3) is 0.571. The van der Waals surface area contributed by atoms with Crippen LogP contribution in [0.4, 0.5) is 0 Å². The number of aromatic nitrogens is 1. The van der Waals surface area contributed by atoms with E-state index in [1.54, 1.807) is 11.5 Å². The van der Waals surface area contributed by atoms with Crippen molar-refractivity contribution >= 4 is 11.9 Å². The molecule has 0 atom stereocenters. The largest absolute Gasteiger partial charge is 0.477 e. The molecule has 0 saturated carbocycles. The highest BCUT2D eigenvalue weighted by molar-refractivity contribution is 5.89. The van der Waals surface area contributed by atoms with Crippen molar-refractivity contribution in [1.82, 2.24) is 9.47 Å². The van der Waals surface area contributed by atoms with E-state index in [1.807, 2.05) is 17.9 Å². The number of aryl methyl sites for hydroxylation is 2. The molecule has 1 fully saturated rings. The standard InChI is InChI=1S/C14H20N2O3/c1-10-8-11(2)16(13(10)14(18)19)9-12(17)15-6-4-3-5-7-15/h8H,3-7,9H2,1-2H3,(H,18,19). The van der Waals surface area contributed by atoms with E-state index in [0.29, 0.717) is 5.56 Å². The lowest BCUT2D eigenvalue weighted by Crippen LogP contribution is -2.38. The smallest absolute Gasteiger partial charge is 0.352 e. The number of likely N-dealkylation sites (tertiary alicyclic amines) is 1. The number of carboxylic acid groups (broad SMARTS) is 1. The van der Waals surface area contributed by atoms with E-state index in [4.69, 9.17) is 0 Å². The molecule has 1 aromatic heterocycles. The molecule has 0 bridgehead atoms. The van der Waals surface area contributed by atoms with Crippen molar-refractivity contribution in [3.63, 3.8) is 0 Å². The number of piperidine rings is 1. The lowest BCUT2D eigenvalue weighted by Gasteiger charge is -2.27. The second-order valence-electron chi connectivity index (χ2n) is 5.15. The molecule has 1 saturated heterocycles. The number of amides is 1. The molecule has 0 radical (unpaired) electrons. The predicted molar refractivity (Wildman–Crippen MR) is 71.3 cm³/mol. The van der Waals surface area contributed by atoms with Crippen molar-refractivity contribution < 1.29 is 14.7 Å². The van der Waals surface area contributed by atoms with Crippen LogP contribution in [0, 0.1) is 13.8 Å². The molecule has 0 unspecified atom stereocenters. The van der Waals surface area contributed by atoms with Crippen LogP contribution in [0.15, 0.2) is 6.07 Å². The van der Waals surface area contributed by atoms with Gasteiger partial charge in [-0.1, -0.05) is 0 Å². The summed E-state index contributed by atoms with van der Waals surface area (Å²) in [7, 11) is 0. The first-order valence-electron chi connectivity index (χ1n) is 6.68. The second-order valence-corrected chi connectivity index (χ2v) is 5.15. The second kappa shape index (κ2) is 5.47. The zero-order valence-electron chi connectivity index (χ0n) is 11.5. The SMILES string of the molecule is Cc1cc(C)n(CC(=O)N2CCCCC2)c1C(=O)O. The van der Waals surface area contributed by atoms with Gasteiger partial charge in [0.25, 0.3) is 0 Å². The highest BCUT2D eigenvalue weighted by atomic mass is 16.4. The Bertz CT molecular complexity index is 499. The highest BCUT2D eigenvalue weighted by Gasteiger charge is 2.21. The molecule has 2 rings (SSSR count). The van der Waals surface area contributed by atoms with E-state index < -0.39 is 5.97 Å². The van der Waals surface area contributed by atoms with E-state index in [0.717, 1.165) is 31.6 Å². The van der Waals surface area contributed by atoms with E-state index in [1.165, 1.54) is 6.42 Å². The van der Waals surface area contributed by atoms with Gasteiger partial charge in [0.15, 0.2) is 0 Å². The quantitative estimate of drug-likeness (QED) is 0.905. The molecule has 1 aliphatic rings. The molecule has 1 N–H and O–H groups in total. The third-order valence-electron chi connectivity index (χ3n) is 3.70. The molecule has 0 aliphatic carbocycles. The molecule has 5 heteroatoms. The Kier molecular flexibility index (Phi) is 3.93. The van der Waals surface area contributed by atoms with E-state index >= 15 is 0 Å². The van der Waals surface area contributed by atoms with Gasteiger partial charge in [-0.25, -0.2) is 4.79 Å². The molecular weight excluding hydrogens is 244 g/mol. The third kappa shape index (κ3) is 2.80. The van der Waals surface area contributed by atoms with Gasteiger partial charge in [0.1, 0.15) is 12.2 Å². The van der Waals surface area contributed by atoms with Crippen molar-refractivity contribution in [3.05, 3.63) is 23.0 Å². The van der Waals surface area contributed by atoms with E-state index in [2.05, 4.69) is 0 Å². The van der Waals surface area contributed by atoms with Gasteiger partial charge < -0.3 is 14.6 Å². The first-order chi connectivity index (χ1) is 9.00. The van der Waals surface area contributed by atoms with Gasteiger partial charge in [0.2, 0.25) is 5.91 Å². The number of hydrogen-bond acceptors (Lipinski definition) is 2. The molecule has 104 valence electrons. The monoisotopic (exact) mass is 264 g/mol. The number of aromatic carboxylic acids is 1. The van der Waals surface area contributed by atoms with Gasteiger partial charge in [0, 0.05) is 18.8 Å². The van der Waals surface area contributed by atoms with Crippen LogP contribution in [0.1, 0.15) is 41.0 Å². The van der Waals surface area contributed by atoms with Crippen LogP contribution in [-0.2, 0) is 11.3 Å². The molecule has 5 nitrogen and oxygen atoms in total. The van der Waals surface area contributed by atoms with E-state index in [-0.39, 0.29) is 18.1 Å². The maximum absolute atomic E-state index is 12.2. The minimum atomic E-state index is -0.975. The van der Waals surface area contributed by atoms with Crippen LogP contribution in [-0.4, -0.2) is 39.5 Å². The Morgan fingerprint density at radius 2 is 1.84 bits per heavy atom. The Labute approximate surface area is 112 Å². The summed E-state index contributed by atoms with van der Waals surface area (Å²) in [6.45, 7) is 5.31. The Morgan fingerprint density at radius 1 is 1.21 bits per heavy atom. The van der Waals surface area contributed by atoms with Crippen LogP contribution >= 0.6 is 0 Å². The maximum Gasteiger partial charge on any atom is 0.352 e. The van der Waals surface area contributed by atoms with E-state index in [9.17, 15) is 14.7 Å². The average molecular weight is 264 g/mol. The van der Waals surface area contributed by atoms with Gasteiger partial charge in [-0.3, -0.25) is 4.79 Å². The topological polar surface area (TPSA) is 62.5 Å². The van der Waals surface area contributed by atoms with Gasteiger partial charge in [0.05, 0.1) is 0 Å². The van der Waals surface area contributed by atoms with Crippen LogP contribution in [0.25, 0.3) is 0 Å². The minimum absolute atomic E-state index is 0.0147. The van der Waals surface area contributed by atoms with Crippen LogP contribution in [0.3, 0.4) is 0 Å². The molecule has 1 aliphatic heterocycles. The average Bonchev–Trinajstić information content (AvgIpc) is 2.65. The molecule has 0 aromatic carbocycles. The lowest BCUT2D eigenvalue weighted by atomic mass is 10.1. The number of rotatable bonds is 3. The Morgan fingerprint density at radius 3 is 2.42 bits per heavy atom. The van der Waals surface area contributed by atoms with Crippen LogP contribution < -0.4 is 0 Å². The predicted octanol–water partition coefficient (Wildman–Crippen LogP) is 1.82. The fourth-order valence-electron chi connectivity index (χ4n) is 2.72. The van der Waals surface area contributed by atoms with Gasteiger partial charge >= 0.3 is 5.97 Å². The molecule has 1 amide bonds. The normalized spacial score (nSPS) is 15.6. The summed E-state index contributed by atoms with van der Waals surface area (Å²) in [6, 6.07) is 1.81. The number of carbonyl (C=O) groups is 2. The van der Waals surface area contributed by atoms with Crippen molar-refractivity contribution in [1.29, 1.82) is 0 Å². The van der Waals surface area contributed by atoms with Gasteiger partial charge in [-0.05, 0) is 44.7 Å². The molecule has 0 spiro atoms. The highest BCUT2D eigenvalue weighted by Crippen LogP contribution is 2.16. The molecular formula is C14H20N2O3. The van der Waals surface area contributed by atoms with Gasteiger partial charge in [-0.15, -0.1) is 0 Å². The number of carbonyl (C=O) groups excluding carboxylic acids is 1. The molecule has 1 aromatic rings. The number of hydrogen-bond donors (Lipinski definition) is 1. The summed E-state index contributed by atoms with van der Waals surface area (Å²) in [5.41, 5.74) is 1.75. The number of carboxylic acids is 1. The summed E-state index contributed by atoms with van der Waals surface area (Å²) in [4.78, 5) is 25.3. The summed E-state index contributed by atoms with van der Waals surface area (Å²) in [5, 5.41) is 9.24.